The van der Waals surface area contributed by atoms with Crippen LogP contribution in [0.25, 0.3) is 0 Å². The van der Waals surface area contributed by atoms with Crippen LogP contribution in [0.4, 0.5) is 15.6 Å². The van der Waals surface area contributed by atoms with Crippen LogP contribution in [0.5, 0.6) is 0 Å². The number of anilines is 2. The second-order valence-corrected chi connectivity index (χ2v) is 10.8. The molecule has 2 N–H and O–H groups in total. The first-order valence-electron chi connectivity index (χ1n) is 9.92. The Hall–Kier alpha value is -2.27. The third kappa shape index (κ3) is 6.61. The van der Waals surface area contributed by atoms with Crippen molar-refractivity contribution in [2.45, 2.75) is 31.9 Å². The summed E-state index contributed by atoms with van der Waals surface area (Å²) >= 11 is 4.71. The number of urea groups is 1. The number of aryl methyl sites for hydroxylation is 2. The number of thiazole rings is 1. The van der Waals surface area contributed by atoms with Crippen molar-refractivity contribution in [3.8, 4) is 0 Å². The third-order valence-corrected chi connectivity index (χ3v) is 7.54. The van der Waals surface area contributed by atoms with Gasteiger partial charge in [-0.15, -0.1) is 11.3 Å². The highest BCUT2D eigenvalue weighted by molar-refractivity contribution is 9.10. The van der Waals surface area contributed by atoms with Crippen molar-refractivity contribution in [1.82, 2.24) is 4.98 Å². The number of carbonyl (C=O) groups excluding carboxylic acids is 1. The van der Waals surface area contributed by atoms with Gasteiger partial charge in [0.05, 0.1) is 5.69 Å². The Morgan fingerprint density at radius 2 is 1.94 bits per heavy atom. The lowest BCUT2D eigenvalue weighted by Crippen LogP contribution is -2.36. The van der Waals surface area contributed by atoms with E-state index in [1.54, 1.807) is 30.3 Å². The molecule has 0 bridgehead atoms. The molecule has 1 aromatic heterocycles. The summed E-state index contributed by atoms with van der Waals surface area (Å²) in [5, 5.41) is 4.17. The molecule has 1 atom stereocenters. The Morgan fingerprint density at radius 3 is 2.53 bits per heavy atom. The Labute approximate surface area is 200 Å². The summed E-state index contributed by atoms with van der Waals surface area (Å²) < 4.78 is 34.8. The van der Waals surface area contributed by atoms with E-state index in [1.807, 2.05) is 37.4 Å². The second kappa shape index (κ2) is 10.6. The molecule has 3 aromatic rings. The summed E-state index contributed by atoms with van der Waals surface area (Å²) in [6, 6.07) is 13.9. The summed E-state index contributed by atoms with van der Waals surface area (Å²) in [6.07, 6.45) is 0.513. The molecule has 0 fully saturated rings. The first kappa shape index (κ1) is 24.4. The van der Waals surface area contributed by atoms with Crippen LogP contribution in [0.15, 0.2) is 58.4 Å². The molecule has 2 aromatic carbocycles. The average Bonchev–Trinajstić information content (AvgIpc) is 3.14. The maximum atomic E-state index is 13.0. The molecule has 10 heteroatoms. The maximum absolute atomic E-state index is 13.0. The number of hydrogen-bond acceptors (Lipinski definition) is 5. The summed E-state index contributed by atoms with van der Waals surface area (Å²) in [6.45, 7) is 3.95. The lowest BCUT2D eigenvalue weighted by atomic mass is 10.1. The van der Waals surface area contributed by atoms with Crippen LogP contribution in [0.3, 0.4) is 0 Å². The van der Waals surface area contributed by atoms with E-state index in [2.05, 4.69) is 26.2 Å². The van der Waals surface area contributed by atoms with Gasteiger partial charge in [0.25, 0.3) is 10.1 Å². The summed E-state index contributed by atoms with van der Waals surface area (Å²) in [4.78, 5) is 18.9. The lowest BCUT2D eigenvalue weighted by molar-refractivity contribution is 0.256. The number of hydrogen-bond donors (Lipinski definition) is 2. The zero-order valence-corrected chi connectivity index (χ0v) is 20.9. The Balaban J connectivity index is 1.75. The highest BCUT2D eigenvalue weighted by Gasteiger charge is 2.26. The number of amides is 2. The van der Waals surface area contributed by atoms with Gasteiger partial charge in [-0.1, -0.05) is 45.8 Å². The molecule has 1 unspecified atom stereocenters. The summed E-state index contributed by atoms with van der Waals surface area (Å²) in [5.74, 6) is 0. The SMILES string of the molecule is Cc1cccc(C(CCCN(C(=O)Nc2ccc(Br)cc2)c2nc(C)cs2)S(=O)(=O)O)c1. The summed E-state index contributed by atoms with van der Waals surface area (Å²) in [7, 11) is -4.30. The number of halogens is 1. The first-order chi connectivity index (χ1) is 15.1. The number of nitrogens with zero attached hydrogens (tertiary/aromatic N) is 2. The molecule has 0 saturated heterocycles. The van der Waals surface area contributed by atoms with Gasteiger partial charge < -0.3 is 5.32 Å². The Morgan fingerprint density at radius 1 is 1.22 bits per heavy atom. The molecule has 0 aliphatic heterocycles. The predicted molar refractivity (Wildman–Crippen MR) is 132 cm³/mol. The van der Waals surface area contributed by atoms with E-state index < -0.39 is 15.4 Å². The molecule has 0 spiro atoms. The standard InChI is InChI=1S/C22H24BrN3O4S2/c1-15-5-3-6-17(13-15)20(32(28,29)30)7-4-12-26(22-24-16(2)14-31-22)21(27)25-19-10-8-18(23)9-11-19/h3,5-6,8-11,13-14,20H,4,7,12H2,1-2H3,(H,25,27)(H,28,29,30). The van der Waals surface area contributed by atoms with Crippen LogP contribution in [0.1, 0.15) is 34.9 Å². The number of benzene rings is 2. The van der Waals surface area contributed by atoms with Crippen molar-refractivity contribution >= 4 is 54.2 Å². The van der Waals surface area contributed by atoms with E-state index in [-0.39, 0.29) is 19.0 Å². The van der Waals surface area contributed by atoms with Gasteiger partial charge in [0.1, 0.15) is 5.25 Å². The normalized spacial score (nSPS) is 12.4. The molecule has 3 rings (SSSR count). The minimum Gasteiger partial charge on any atom is -0.307 e. The van der Waals surface area contributed by atoms with Crippen molar-refractivity contribution < 1.29 is 17.8 Å². The van der Waals surface area contributed by atoms with E-state index in [9.17, 15) is 17.8 Å². The molecule has 170 valence electrons. The fourth-order valence-corrected chi connectivity index (χ4v) is 5.31. The van der Waals surface area contributed by atoms with Gasteiger partial charge in [0.2, 0.25) is 0 Å². The largest absolute Gasteiger partial charge is 0.328 e. The number of rotatable bonds is 8. The fourth-order valence-electron chi connectivity index (χ4n) is 3.27. The first-order valence-corrected chi connectivity index (χ1v) is 13.1. The van der Waals surface area contributed by atoms with E-state index in [1.165, 1.54) is 16.2 Å². The van der Waals surface area contributed by atoms with Crippen LogP contribution in [-0.4, -0.2) is 30.5 Å². The highest BCUT2D eigenvalue weighted by Crippen LogP contribution is 2.29. The van der Waals surface area contributed by atoms with Crippen LogP contribution in [0, 0.1) is 13.8 Å². The molecule has 0 saturated carbocycles. The van der Waals surface area contributed by atoms with Gasteiger partial charge in [-0.05, 0) is 56.5 Å². The summed E-state index contributed by atoms with van der Waals surface area (Å²) in [5.41, 5.74) is 2.86. The molecular formula is C22H24BrN3O4S2. The van der Waals surface area contributed by atoms with Gasteiger partial charge in [0.15, 0.2) is 5.13 Å². The van der Waals surface area contributed by atoms with Crippen molar-refractivity contribution in [2.24, 2.45) is 0 Å². The molecule has 32 heavy (non-hydrogen) atoms. The Kier molecular flexibility index (Phi) is 8.05. The van der Waals surface area contributed by atoms with Gasteiger partial charge in [-0.25, -0.2) is 9.78 Å². The minimum atomic E-state index is -4.30. The number of aromatic nitrogens is 1. The third-order valence-electron chi connectivity index (χ3n) is 4.80. The van der Waals surface area contributed by atoms with E-state index >= 15 is 0 Å². The average molecular weight is 538 g/mol. The molecule has 0 aliphatic carbocycles. The van der Waals surface area contributed by atoms with Crippen LogP contribution >= 0.6 is 27.3 Å². The van der Waals surface area contributed by atoms with Gasteiger partial charge in [-0.3, -0.25) is 9.45 Å². The van der Waals surface area contributed by atoms with Crippen LogP contribution in [-0.2, 0) is 10.1 Å². The Bertz CT molecular complexity index is 1180. The van der Waals surface area contributed by atoms with Crippen molar-refractivity contribution in [2.75, 3.05) is 16.8 Å². The van der Waals surface area contributed by atoms with Gasteiger partial charge in [0, 0.05) is 22.1 Å². The number of carbonyl (C=O) groups is 1. The minimum absolute atomic E-state index is 0.161. The topological polar surface area (TPSA) is 99.6 Å². The number of nitrogens with one attached hydrogen (secondary N) is 1. The molecule has 2 amide bonds. The smallest absolute Gasteiger partial charge is 0.307 e. The van der Waals surface area contributed by atoms with Crippen molar-refractivity contribution in [3.63, 3.8) is 0 Å². The van der Waals surface area contributed by atoms with E-state index in [4.69, 9.17) is 0 Å². The lowest BCUT2D eigenvalue weighted by Gasteiger charge is -2.22. The van der Waals surface area contributed by atoms with Gasteiger partial charge in [-0.2, -0.15) is 8.42 Å². The molecule has 7 nitrogen and oxygen atoms in total. The van der Waals surface area contributed by atoms with Crippen molar-refractivity contribution in [3.05, 3.63) is 75.2 Å². The maximum Gasteiger partial charge on any atom is 0.328 e. The van der Waals surface area contributed by atoms with Crippen LogP contribution in [0.2, 0.25) is 0 Å². The second-order valence-electron chi connectivity index (χ2n) is 7.42. The van der Waals surface area contributed by atoms with Crippen molar-refractivity contribution in [1.29, 1.82) is 0 Å². The monoisotopic (exact) mass is 537 g/mol. The molecule has 1 heterocycles. The molecular weight excluding hydrogens is 514 g/mol. The zero-order chi connectivity index (χ0) is 23.3. The highest BCUT2D eigenvalue weighted by atomic mass is 79.9. The zero-order valence-electron chi connectivity index (χ0n) is 17.7. The van der Waals surface area contributed by atoms with Crippen LogP contribution < -0.4 is 10.2 Å². The van der Waals surface area contributed by atoms with Gasteiger partial charge >= 0.3 is 6.03 Å². The molecule has 0 aliphatic rings. The van der Waals surface area contributed by atoms with E-state index in [0.29, 0.717) is 22.8 Å². The fraction of sp³-hybridized carbons (Fsp3) is 0.273. The molecule has 0 radical (unpaired) electrons. The quantitative estimate of drug-likeness (QED) is 0.344. The van der Waals surface area contributed by atoms with E-state index in [0.717, 1.165) is 15.7 Å². The predicted octanol–water partition coefficient (Wildman–Crippen LogP) is 5.97.